The van der Waals surface area contributed by atoms with Gasteiger partial charge >= 0.3 is 0 Å². The van der Waals surface area contributed by atoms with Crippen molar-refractivity contribution in [1.82, 2.24) is 0 Å². The maximum absolute atomic E-state index is 7.06. The van der Waals surface area contributed by atoms with Crippen LogP contribution in [0.1, 0.15) is 0 Å². The van der Waals surface area contributed by atoms with Gasteiger partial charge in [0.25, 0.3) is 0 Å². The molecule has 11 aromatic carbocycles. The molecule has 67 heavy (non-hydrogen) atoms. The van der Waals surface area contributed by atoms with Gasteiger partial charge in [0.2, 0.25) is 0 Å². The number of hydrogen-bond donors (Lipinski definition) is 0. The Morgan fingerprint density at radius 2 is 0.851 bits per heavy atom. The van der Waals surface area contributed by atoms with Crippen LogP contribution in [0.15, 0.2) is 253 Å². The third kappa shape index (κ3) is 6.79. The number of rotatable bonds is 8. The number of hydrogen-bond acceptors (Lipinski definition) is 3. The van der Waals surface area contributed by atoms with Crippen LogP contribution in [0, 0.1) is 0 Å². The summed E-state index contributed by atoms with van der Waals surface area (Å²) in [7, 11) is 0. The van der Waals surface area contributed by atoms with Crippen LogP contribution < -0.4 is 4.90 Å². The molecule has 0 bridgehead atoms. The van der Waals surface area contributed by atoms with Crippen molar-refractivity contribution < 1.29 is 4.42 Å². The van der Waals surface area contributed by atoms with Crippen molar-refractivity contribution >= 4 is 81.3 Å². The molecular weight excluding hydrogens is 831 g/mol. The second-order valence-electron chi connectivity index (χ2n) is 17.2. The third-order valence-electron chi connectivity index (χ3n) is 13.3. The molecule has 0 atom stereocenters. The Morgan fingerprint density at radius 3 is 1.55 bits per heavy atom. The molecule has 0 saturated carbocycles. The lowest BCUT2D eigenvalue weighted by Gasteiger charge is -2.27. The lowest BCUT2D eigenvalue weighted by atomic mass is 9.89. The highest BCUT2D eigenvalue weighted by Crippen LogP contribution is 2.49. The van der Waals surface area contributed by atoms with Crippen LogP contribution in [0.2, 0.25) is 0 Å². The monoisotopic (exact) mass is 871 g/mol. The fourth-order valence-electron chi connectivity index (χ4n) is 10.1. The molecule has 0 spiro atoms. The first-order valence-electron chi connectivity index (χ1n) is 22.8. The van der Waals surface area contributed by atoms with Crippen LogP contribution in [0.25, 0.3) is 109 Å². The Balaban J connectivity index is 1.03. The number of furan rings is 1. The van der Waals surface area contributed by atoms with E-state index in [0.29, 0.717) is 0 Å². The fraction of sp³-hybridized carbons (Fsp3) is 0. The fourth-order valence-corrected chi connectivity index (χ4v) is 11.2. The van der Waals surface area contributed by atoms with Gasteiger partial charge in [-0.3, -0.25) is 0 Å². The first kappa shape index (κ1) is 38.9. The van der Waals surface area contributed by atoms with Crippen LogP contribution in [-0.4, -0.2) is 0 Å². The molecule has 0 unspecified atom stereocenters. The van der Waals surface area contributed by atoms with E-state index in [1.54, 1.807) is 0 Å². The maximum atomic E-state index is 7.06. The molecule has 314 valence electrons. The predicted molar refractivity (Wildman–Crippen MR) is 286 cm³/mol. The topological polar surface area (TPSA) is 16.4 Å². The van der Waals surface area contributed by atoms with Gasteiger partial charge in [0.15, 0.2) is 0 Å². The Morgan fingerprint density at radius 1 is 0.328 bits per heavy atom. The summed E-state index contributed by atoms with van der Waals surface area (Å²) in [6.07, 6.45) is 0. The Kier molecular flexibility index (Phi) is 9.40. The van der Waals surface area contributed by atoms with Crippen molar-refractivity contribution in [3.05, 3.63) is 249 Å². The number of thiophene rings is 1. The largest absolute Gasteiger partial charge is 0.455 e. The molecule has 0 fully saturated rings. The lowest BCUT2D eigenvalue weighted by molar-refractivity contribution is 0.670. The molecule has 2 heterocycles. The average Bonchev–Trinajstić information content (AvgIpc) is 3.98. The zero-order valence-corrected chi connectivity index (χ0v) is 37.3. The second-order valence-corrected chi connectivity index (χ2v) is 18.3. The highest BCUT2D eigenvalue weighted by molar-refractivity contribution is 7.25. The Labute approximate surface area is 392 Å². The minimum absolute atomic E-state index is 0.857. The smallest absolute Gasteiger partial charge is 0.145 e. The van der Waals surface area contributed by atoms with Crippen molar-refractivity contribution in [3.63, 3.8) is 0 Å². The van der Waals surface area contributed by atoms with Gasteiger partial charge in [0.1, 0.15) is 11.2 Å². The van der Waals surface area contributed by atoms with Crippen molar-refractivity contribution in [1.29, 1.82) is 0 Å². The first-order valence-corrected chi connectivity index (χ1v) is 23.6. The SMILES string of the molecule is c1ccc(-c2ccc3c(c2)oc2c(-c4ccccc4)ccc(N(c4ccc(-c5ccc6ccccc6c5-c5ccccc5)cc4)c4ccc5c(c4)sc4cc(-c6ccccc6)ccc45)c23)cc1. The minimum atomic E-state index is 0.857. The lowest BCUT2D eigenvalue weighted by Crippen LogP contribution is -2.10. The zero-order valence-electron chi connectivity index (χ0n) is 36.4. The van der Waals surface area contributed by atoms with Crippen LogP contribution in [0.5, 0.6) is 0 Å². The van der Waals surface area contributed by atoms with Gasteiger partial charge in [-0.25, -0.2) is 0 Å². The van der Waals surface area contributed by atoms with E-state index in [9.17, 15) is 0 Å². The van der Waals surface area contributed by atoms with Crippen molar-refractivity contribution in [2.45, 2.75) is 0 Å². The standard InChI is InChI=1S/C64H41NOS/c1-5-15-42(16-6-1)48-29-35-57-59(39-48)66-64-54(44-19-9-3-10-20-44)37-38-58(63(57)64)65(51-32-36-56-55-34-28-49(43-17-7-2-8-18-43)40-60(55)67-61(56)41-51)50-30-25-46(26-31-50)53-33-27-45-21-13-14-24-52(45)62(53)47-22-11-4-12-23-47/h1-41H. The van der Waals surface area contributed by atoms with E-state index in [4.69, 9.17) is 4.42 Å². The average molecular weight is 872 g/mol. The summed E-state index contributed by atoms with van der Waals surface area (Å²) in [5.41, 5.74) is 16.6. The van der Waals surface area contributed by atoms with Crippen molar-refractivity contribution in [2.24, 2.45) is 0 Å². The molecule has 0 aliphatic rings. The van der Waals surface area contributed by atoms with E-state index in [1.165, 1.54) is 58.8 Å². The maximum Gasteiger partial charge on any atom is 0.145 e. The molecule has 0 aliphatic heterocycles. The Hall–Kier alpha value is -8.50. The molecule has 0 radical (unpaired) electrons. The molecule has 3 heteroatoms. The zero-order chi connectivity index (χ0) is 44.3. The van der Waals surface area contributed by atoms with Gasteiger partial charge in [-0.1, -0.05) is 194 Å². The summed E-state index contributed by atoms with van der Waals surface area (Å²) in [5, 5.41) is 7.15. The van der Waals surface area contributed by atoms with Gasteiger partial charge in [-0.15, -0.1) is 11.3 Å². The number of nitrogens with zero attached hydrogens (tertiary/aromatic N) is 1. The molecule has 2 nitrogen and oxygen atoms in total. The van der Waals surface area contributed by atoms with Gasteiger partial charge in [0.05, 0.1) is 11.1 Å². The molecule has 0 aliphatic carbocycles. The van der Waals surface area contributed by atoms with Gasteiger partial charge in [0, 0.05) is 42.5 Å². The van der Waals surface area contributed by atoms with Crippen LogP contribution in [0.3, 0.4) is 0 Å². The third-order valence-corrected chi connectivity index (χ3v) is 14.4. The summed E-state index contributed by atoms with van der Waals surface area (Å²) >= 11 is 1.85. The number of anilines is 3. The highest BCUT2D eigenvalue weighted by Gasteiger charge is 2.24. The summed E-state index contributed by atoms with van der Waals surface area (Å²) in [6.45, 7) is 0. The summed E-state index contributed by atoms with van der Waals surface area (Å²) in [4.78, 5) is 2.43. The first-order chi connectivity index (χ1) is 33.2. The molecule has 13 aromatic rings. The van der Waals surface area contributed by atoms with Crippen LogP contribution in [-0.2, 0) is 0 Å². The van der Waals surface area contributed by atoms with Crippen molar-refractivity contribution in [3.8, 4) is 55.6 Å². The van der Waals surface area contributed by atoms with E-state index in [1.807, 2.05) is 11.3 Å². The van der Waals surface area contributed by atoms with Crippen LogP contribution >= 0.6 is 11.3 Å². The summed E-state index contributed by atoms with van der Waals surface area (Å²) in [5.74, 6) is 0. The van der Waals surface area contributed by atoms with E-state index < -0.39 is 0 Å². The number of fused-ring (bicyclic) bond motifs is 7. The molecule has 0 amide bonds. The van der Waals surface area contributed by atoms with Gasteiger partial charge in [-0.2, -0.15) is 0 Å². The molecule has 13 rings (SSSR count). The van der Waals surface area contributed by atoms with Gasteiger partial charge < -0.3 is 9.32 Å². The molecular formula is C64H41NOS. The van der Waals surface area contributed by atoms with E-state index in [0.717, 1.165) is 66.8 Å². The summed E-state index contributed by atoms with van der Waals surface area (Å²) < 4.78 is 9.58. The number of benzene rings is 11. The molecule has 0 saturated heterocycles. The molecule has 2 aromatic heterocycles. The van der Waals surface area contributed by atoms with Crippen molar-refractivity contribution in [2.75, 3.05) is 4.90 Å². The normalized spacial score (nSPS) is 11.6. The summed E-state index contributed by atoms with van der Waals surface area (Å²) in [6, 6.07) is 90.0. The van der Waals surface area contributed by atoms with E-state index in [2.05, 4.69) is 254 Å². The quantitative estimate of drug-likeness (QED) is 0.151. The Bertz CT molecular complexity index is 3950. The predicted octanol–water partition coefficient (Wildman–Crippen LogP) is 18.9. The van der Waals surface area contributed by atoms with Crippen LogP contribution in [0.4, 0.5) is 17.1 Å². The van der Waals surface area contributed by atoms with E-state index >= 15 is 0 Å². The molecule has 0 N–H and O–H groups in total. The second kappa shape index (κ2) is 16.2. The van der Waals surface area contributed by atoms with E-state index in [-0.39, 0.29) is 0 Å². The minimum Gasteiger partial charge on any atom is -0.455 e. The highest BCUT2D eigenvalue weighted by atomic mass is 32.1. The van der Waals surface area contributed by atoms with Gasteiger partial charge in [-0.05, 0) is 115 Å².